The molecule has 0 spiro atoms. The molecule has 1 aliphatic heterocycles. The second-order valence-corrected chi connectivity index (χ2v) is 5.76. The number of phenols is 1. The second kappa shape index (κ2) is 7.31. The monoisotopic (exact) mass is 291 g/mol. The summed E-state index contributed by atoms with van der Waals surface area (Å²) in [4.78, 5) is 14.4. The second-order valence-electron chi connectivity index (χ2n) is 5.76. The van der Waals surface area contributed by atoms with Crippen LogP contribution in [0.1, 0.15) is 43.0 Å². The normalized spacial score (nSPS) is 19.4. The highest BCUT2D eigenvalue weighted by atomic mass is 16.3. The molecular weight excluding hydrogens is 266 g/mol. The third-order valence-corrected chi connectivity index (χ3v) is 4.14. The first-order chi connectivity index (χ1) is 10.1. The summed E-state index contributed by atoms with van der Waals surface area (Å²) >= 11 is 0. The van der Waals surface area contributed by atoms with Crippen LogP contribution in [0.15, 0.2) is 18.2 Å². The molecule has 21 heavy (non-hydrogen) atoms. The summed E-state index contributed by atoms with van der Waals surface area (Å²) in [6, 6.07) is 5.22. The standard InChI is InChI=1S/C16H25N3O2/c1-12-5-2-3-9-19(12)10-4-8-18-16(21)13-6-7-14(17)15(20)11-13/h6-7,11-12,20H,2-5,8-10,17H2,1H3,(H,18,21). The lowest BCUT2D eigenvalue weighted by Crippen LogP contribution is -2.39. The van der Waals surface area contributed by atoms with Crippen molar-refractivity contribution in [2.24, 2.45) is 0 Å². The van der Waals surface area contributed by atoms with Gasteiger partial charge in [0.2, 0.25) is 0 Å². The molecule has 0 saturated carbocycles. The fraction of sp³-hybridized carbons (Fsp3) is 0.562. The van der Waals surface area contributed by atoms with Crippen LogP contribution in [0.4, 0.5) is 5.69 Å². The highest BCUT2D eigenvalue weighted by molar-refractivity contribution is 5.95. The average Bonchev–Trinajstić information content (AvgIpc) is 2.48. The van der Waals surface area contributed by atoms with Crippen LogP contribution in [0, 0.1) is 0 Å². The van der Waals surface area contributed by atoms with Crippen molar-refractivity contribution in [1.82, 2.24) is 10.2 Å². The van der Waals surface area contributed by atoms with E-state index in [0.29, 0.717) is 18.2 Å². The number of hydrogen-bond donors (Lipinski definition) is 3. The molecule has 1 fully saturated rings. The van der Waals surface area contributed by atoms with E-state index in [1.165, 1.54) is 31.9 Å². The number of rotatable bonds is 5. The van der Waals surface area contributed by atoms with Crippen LogP contribution in [0.3, 0.4) is 0 Å². The molecule has 0 aromatic heterocycles. The van der Waals surface area contributed by atoms with Crippen LogP contribution in [0.2, 0.25) is 0 Å². The number of nitrogens with one attached hydrogen (secondary N) is 1. The van der Waals surface area contributed by atoms with E-state index in [2.05, 4.69) is 17.1 Å². The van der Waals surface area contributed by atoms with Gasteiger partial charge in [0.15, 0.2) is 0 Å². The Balaban J connectivity index is 1.72. The number of carbonyl (C=O) groups is 1. The molecule has 1 heterocycles. The summed E-state index contributed by atoms with van der Waals surface area (Å²) in [5, 5.41) is 12.4. The first kappa shape index (κ1) is 15.6. The maximum atomic E-state index is 11.9. The van der Waals surface area contributed by atoms with Crippen LogP contribution in [0.5, 0.6) is 5.75 Å². The number of anilines is 1. The molecule has 0 radical (unpaired) electrons. The molecular formula is C16H25N3O2. The average molecular weight is 291 g/mol. The zero-order chi connectivity index (χ0) is 15.2. The number of nitrogens with zero attached hydrogens (tertiary/aromatic N) is 1. The van der Waals surface area contributed by atoms with Crippen molar-refractivity contribution in [2.75, 3.05) is 25.4 Å². The largest absolute Gasteiger partial charge is 0.506 e. The number of likely N-dealkylation sites (tertiary alicyclic amines) is 1. The maximum Gasteiger partial charge on any atom is 0.251 e. The lowest BCUT2D eigenvalue weighted by atomic mass is 10.0. The SMILES string of the molecule is CC1CCCCN1CCCNC(=O)c1ccc(N)c(O)c1. The van der Waals surface area contributed by atoms with E-state index in [9.17, 15) is 9.90 Å². The number of carbonyl (C=O) groups excluding carboxylic acids is 1. The Morgan fingerprint density at radius 2 is 2.29 bits per heavy atom. The van der Waals surface area contributed by atoms with Gasteiger partial charge in [0.1, 0.15) is 5.75 Å². The molecule has 1 atom stereocenters. The molecule has 4 N–H and O–H groups in total. The smallest absolute Gasteiger partial charge is 0.251 e. The van der Waals surface area contributed by atoms with Gasteiger partial charge >= 0.3 is 0 Å². The van der Waals surface area contributed by atoms with Crippen molar-refractivity contribution in [1.29, 1.82) is 0 Å². The molecule has 0 aliphatic carbocycles. The number of nitrogens with two attached hydrogens (primary N) is 1. The van der Waals surface area contributed by atoms with E-state index in [1.54, 1.807) is 12.1 Å². The predicted octanol–water partition coefficient (Wildman–Crippen LogP) is 1.97. The summed E-state index contributed by atoms with van der Waals surface area (Å²) in [7, 11) is 0. The van der Waals surface area contributed by atoms with Crippen LogP contribution in [-0.4, -0.2) is 41.6 Å². The van der Waals surface area contributed by atoms with Gasteiger partial charge in [-0.3, -0.25) is 4.79 Å². The van der Waals surface area contributed by atoms with E-state index >= 15 is 0 Å². The highest BCUT2D eigenvalue weighted by Gasteiger charge is 2.17. The molecule has 5 nitrogen and oxygen atoms in total. The summed E-state index contributed by atoms with van der Waals surface area (Å²) < 4.78 is 0. The van der Waals surface area contributed by atoms with Crippen molar-refractivity contribution in [3.05, 3.63) is 23.8 Å². The van der Waals surface area contributed by atoms with Crippen LogP contribution < -0.4 is 11.1 Å². The zero-order valence-corrected chi connectivity index (χ0v) is 12.6. The van der Waals surface area contributed by atoms with Gasteiger partial charge in [0.05, 0.1) is 5.69 Å². The molecule has 1 aromatic rings. The Labute approximate surface area is 126 Å². The molecule has 1 saturated heterocycles. The highest BCUT2D eigenvalue weighted by Crippen LogP contribution is 2.20. The fourth-order valence-electron chi connectivity index (χ4n) is 2.76. The van der Waals surface area contributed by atoms with Gasteiger partial charge < -0.3 is 21.1 Å². The van der Waals surface area contributed by atoms with Crippen LogP contribution >= 0.6 is 0 Å². The molecule has 1 unspecified atom stereocenters. The first-order valence-corrected chi connectivity index (χ1v) is 7.68. The Morgan fingerprint density at radius 3 is 3.00 bits per heavy atom. The van der Waals surface area contributed by atoms with Gasteiger partial charge in [0, 0.05) is 24.7 Å². The third-order valence-electron chi connectivity index (χ3n) is 4.14. The van der Waals surface area contributed by atoms with Gasteiger partial charge in [-0.25, -0.2) is 0 Å². The van der Waals surface area contributed by atoms with Gasteiger partial charge in [-0.05, 0) is 50.9 Å². The van der Waals surface area contributed by atoms with Crippen LogP contribution in [-0.2, 0) is 0 Å². The Morgan fingerprint density at radius 1 is 1.48 bits per heavy atom. The summed E-state index contributed by atoms with van der Waals surface area (Å²) in [5.41, 5.74) is 6.24. The van der Waals surface area contributed by atoms with Crippen molar-refractivity contribution in [3.8, 4) is 5.75 Å². The fourth-order valence-corrected chi connectivity index (χ4v) is 2.76. The van der Waals surface area contributed by atoms with Gasteiger partial charge in [-0.2, -0.15) is 0 Å². The predicted molar refractivity (Wildman–Crippen MR) is 84.4 cm³/mol. The van der Waals surface area contributed by atoms with Crippen molar-refractivity contribution in [2.45, 2.75) is 38.6 Å². The number of hydrogen-bond acceptors (Lipinski definition) is 4. The lowest BCUT2D eigenvalue weighted by molar-refractivity contribution is 0.0948. The molecule has 116 valence electrons. The van der Waals surface area contributed by atoms with Crippen LogP contribution in [0.25, 0.3) is 0 Å². The van der Waals surface area contributed by atoms with Crippen molar-refractivity contribution in [3.63, 3.8) is 0 Å². The lowest BCUT2D eigenvalue weighted by Gasteiger charge is -2.33. The maximum absolute atomic E-state index is 11.9. The molecule has 0 bridgehead atoms. The van der Waals surface area contributed by atoms with Gasteiger partial charge in [0.25, 0.3) is 5.91 Å². The minimum atomic E-state index is -0.169. The minimum absolute atomic E-state index is 0.0511. The van der Waals surface area contributed by atoms with E-state index in [4.69, 9.17) is 5.73 Å². The van der Waals surface area contributed by atoms with E-state index in [1.807, 2.05) is 0 Å². The van der Waals surface area contributed by atoms with E-state index in [-0.39, 0.29) is 17.3 Å². The zero-order valence-electron chi connectivity index (χ0n) is 12.6. The Kier molecular flexibility index (Phi) is 5.44. The van der Waals surface area contributed by atoms with Gasteiger partial charge in [-0.1, -0.05) is 6.42 Å². The summed E-state index contributed by atoms with van der Waals surface area (Å²) in [6.45, 7) is 5.11. The van der Waals surface area contributed by atoms with Crippen molar-refractivity contribution < 1.29 is 9.90 Å². The number of nitrogen functional groups attached to an aromatic ring is 1. The summed E-state index contributed by atoms with van der Waals surface area (Å²) in [5.74, 6) is -0.221. The minimum Gasteiger partial charge on any atom is -0.506 e. The quantitative estimate of drug-likeness (QED) is 0.440. The third kappa shape index (κ3) is 4.36. The Hall–Kier alpha value is -1.75. The molecule has 1 aromatic carbocycles. The number of amides is 1. The molecule has 2 rings (SSSR count). The molecule has 1 amide bonds. The topological polar surface area (TPSA) is 78.6 Å². The first-order valence-electron chi connectivity index (χ1n) is 7.68. The number of piperidine rings is 1. The summed E-state index contributed by atoms with van der Waals surface area (Å²) in [6.07, 6.45) is 4.82. The number of aromatic hydroxyl groups is 1. The van der Waals surface area contributed by atoms with Gasteiger partial charge in [-0.15, -0.1) is 0 Å². The van der Waals surface area contributed by atoms with E-state index < -0.39 is 0 Å². The van der Waals surface area contributed by atoms with Crippen molar-refractivity contribution >= 4 is 11.6 Å². The number of benzene rings is 1. The Bertz CT molecular complexity index is 490. The molecule has 1 aliphatic rings. The van der Waals surface area contributed by atoms with E-state index in [0.717, 1.165) is 13.0 Å². The number of phenolic OH excluding ortho intramolecular Hbond substituents is 1. The molecule has 5 heteroatoms.